The molecule has 0 N–H and O–H groups in total. The maximum atomic E-state index is 12.4. The minimum absolute atomic E-state index is 0.0342. The highest BCUT2D eigenvalue weighted by Crippen LogP contribution is 2.31. The molecular formula is C12H8F3NO4S. The van der Waals surface area contributed by atoms with Crippen molar-refractivity contribution in [1.29, 1.82) is 0 Å². The van der Waals surface area contributed by atoms with Gasteiger partial charge < -0.3 is 9.94 Å². The van der Waals surface area contributed by atoms with Crippen LogP contribution in [0, 0.1) is 5.21 Å². The predicted octanol–water partition coefficient (Wildman–Crippen LogP) is 2.41. The van der Waals surface area contributed by atoms with Crippen LogP contribution >= 0.6 is 0 Å². The van der Waals surface area contributed by atoms with Gasteiger partial charge in [0.25, 0.3) is 9.84 Å². The van der Waals surface area contributed by atoms with Crippen LogP contribution in [0.25, 0.3) is 0 Å². The van der Waals surface area contributed by atoms with E-state index in [4.69, 9.17) is 4.74 Å². The molecule has 21 heavy (non-hydrogen) atoms. The van der Waals surface area contributed by atoms with Crippen LogP contribution in [0.3, 0.4) is 0 Å². The molecule has 2 rings (SSSR count). The Morgan fingerprint density at radius 2 is 1.67 bits per heavy atom. The van der Waals surface area contributed by atoms with E-state index in [9.17, 15) is 26.8 Å². The summed E-state index contributed by atoms with van der Waals surface area (Å²) < 4.78 is 64.9. The summed E-state index contributed by atoms with van der Waals surface area (Å²) in [6.07, 6.45) is 1.18. The van der Waals surface area contributed by atoms with Crippen molar-refractivity contribution < 1.29 is 31.1 Å². The molecule has 0 fully saturated rings. The Morgan fingerprint density at radius 3 is 2.19 bits per heavy atom. The second-order valence-corrected chi connectivity index (χ2v) is 5.83. The van der Waals surface area contributed by atoms with E-state index in [-0.39, 0.29) is 11.6 Å². The maximum absolute atomic E-state index is 12.4. The molecule has 0 radical (unpaired) electrons. The van der Waals surface area contributed by atoms with E-state index in [1.165, 1.54) is 24.4 Å². The minimum Gasteiger partial charge on any atom is -0.616 e. The minimum atomic E-state index is -5.40. The molecule has 0 aliphatic heterocycles. The molecule has 1 aromatic carbocycles. The molecule has 2 aromatic rings. The number of halogens is 3. The molecule has 0 saturated carbocycles. The summed E-state index contributed by atoms with van der Waals surface area (Å²) in [6.45, 7) is 0. The summed E-state index contributed by atoms with van der Waals surface area (Å²) in [6, 6.07) is 7.95. The van der Waals surface area contributed by atoms with E-state index >= 15 is 0 Å². The third-order valence-electron chi connectivity index (χ3n) is 2.45. The summed E-state index contributed by atoms with van der Waals surface area (Å²) in [4.78, 5) is -0.898. The van der Waals surface area contributed by atoms with E-state index in [0.29, 0.717) is 4.73 Å². The summed E-state index contributed by atoms with van der Waals surface area (Å²) in [5, 5.41) is 11.3. The third-order valence-corrected chi connectivity index (χ3v) is 3.95. The van der Waals surface area contributed by atoms with Crippen LogP contribution in [0.2, 0.25) is 0 Å². The van der Waals surface area contributed by atoms with E-state index in [2.05, 4.69) is 0 Å². The summed E-state index contributed by atoms with van der Waals surface area (Å²) in [7, 11) is -5.40. The number of benzene rings is 1. The molecule has 5 nitrogen and oxygen atoms in total. The van der Waals surface area contributed by atoms with Crippen LogP contribution in [-0.4, -0.2) is 13.9 Å². The number of ether oxygens (including phenoxy) is 1. The first-order valence-corrected chi connectivity index (χ1v) is 6.97. The van der Waals surface area contributed by atoms with Gasteiger partial charge in [0.05, 0.1) is 11.0 Å². The van der Waals surface area contributed by atoms with Gasteiger partial charge in [-0.1, -0.05) is 0 Å². The molecule has 0 amide bonds. The molecule has 1 heterocycles. The molecule has 0 atom stereocenters. The lowest BCUT2D eigenvalue weighted by Gasteiger charge is -2.09. The normalized spacial score (nSPS) is 12.1. The summed E-state index contributed by atoms with van der Waals surface area (Å²) in [5.41, 5.74) is -5.37. The molecule has 112 valence electrons. The van der Waals surface area contributed by atoms with Crippen LogP contribution in [-0.2, 0) is 9.84 Å². The zero-order valence-corrected chi connectivity index (χ0v) is 11.1. The van der Waals surface area contributed by atoms with Crippen molar-refractivity contribution in [3.05, 3.63) is 53.9 Å². The average molecular weight is 319 g/mol. The van der Waals surface area contributed by atoms with Crippen molar-refractivity contribution in [2.75, 3.05) is 0 Å². The van der Waals surface area contributed by atoms with Gasteiger partial charge in [-0.3, -0.25) is 0 Å². The highest BCUT2D eigenvalue weighted by atomic mass is 32.2. The van der Waals surface area contributed by atoms with Crippen LogP contribution < -0.4 is 9.47 Å². The van der Waals surface area contributed by atoms with Crippen molar-refractivity contribution in [1.82, 2.24) is 0 Å². The number of alkyl halides is 3. The SMILES string of the molecule is O=S(=O)(c1ccc(Oc2cccc[n+]2[O-])cc1)C(F)(F)F. The quantitative estimate of drug-likeness (QED) is 0.643. The number of aromatic nitrogens is 1. The predicted molar refractivity (Wildman–Crippen MR) is 65.2 cm³/mol. The molecule has 0 bridgehead atoms. The summed E-state index contributed by atoms with van der Waals surface area (Å²) >= 11 is 0. The first-order chi connectivity index (χ1) is 9.72. The van der Waals surface area contributed by atoms with Gasteiger partial charge in [-0.05, 0) is 30.3 Å². The Bertz CT molecular complexity index is 742. The zero-order valence-electron chi connectivity index (χ0n) is 10.2. The average Bonchev–Trinajstić information content (AvgIpc) is 2.41. The van der Waals surface area contributed by atoms with Gasteiger partial charge >= 0.3 is 11.4 Å². The highest BCUT2D eigenvalue weighted by Gasteiger charge is 2.46. The lowest BCUT2D eigenvalue weighted by Crippen LogP contribution is -2.26. The Hall–Kier alpha value is -2.29. The van der Waals surface area contributed by atoms with Gasteiger partial charge in [-0.15, -0.1) is 4.73 Å². The molecule has 0 unspecified atom stereocenters. The van der Waals surface area contributed by atoms with Crippen molar-refractivity contribution in [3.8, 4) is 11.6 Å². The fraction of sp³-hybridized carbons (Fsp3) is 0.0833. The first-order valence-electron chi connectivity index (χ1n) is 5.49. The lowest BCUT2D eigenvalue weighted by molar-refractivity contribution is -0.611. The van der Waals surface area contributed by atoms with Gasteiger partial charge in [0.2, 0.25) is 0 Å². The number of pyridine rings is 1. The van der Waals surface area contributed by atoms with Crippen molar-refractivity contribution >= 4 is 9.84 Å². The monoisotopic (exact) mass is 319 g/mol. The van der Waals surface area contributed by atoms with Gasteiger partial charge in [0, 0.05) is 6.07 Å². The lowest BCUT2D eigenvalue weighted by atomic mass is 10.3. The van der Waals surface area contributed by atoms with Crippen molar-refractivity contribution in [2.45, 2.75) is 10.4 Å². The van der Waals surface area contributed by atoms with Crippen LogP contribution in [0.5, 0.6) is 11.6 Å². The maximum Gasteiger partial charge on any atom is 0.501 e. The van der Waals surface area contributed by atoms with E-state index < -0.39 is 20.2 Å². The molecule has 0 spiro atoms. The second-order valence-electron chi connectivity index (χ2n) is 3.89. The van der Waals surface area contributed by atoms with Crippen LogP contribution in [0.15, 0.2) is 53.6 Å². The van der Waals surface area contributed by atoms with Crippen molar-refractivity contribution in [2.24, 2.45) is 0 Å². The zero-order chi connectivity index (χ0) is 15.7. The fourth-order valence-corrected chi connectivity index (χ4v) is 2.19. The first kappa shape index (κ1) is 15.1. The highest BCUT2D eigenvalue weighted by molar-refractivity contribution is 7.92. The molecular weight excluding hydrogens is 311 g/mol. The van der Waals surface area contributed by atoms with Crippen molar-refractivity contribution in [3.63, 3.8) is 0 Å². The largest absolute Gasteiger partial charge is 0.616 e. The van der Waals surface area contributed by atoms with Crippen LogP contribution in [0.1, 0.15) is 0 Å². The number of hydrogen-bond donors (Lipinski definition) is 0. The second kappa shape index (κ2) is 5.24. The topological polar surface area (TPSA) is 70.3 Å². The Balaban J connectivity index is 2.27. The van der Waals surface area contributed by atoms with Gasteiger partial charge in [0.15, 0.2) is 6.20 Å². The standard InChI is InChI=1S/C12H8F3NO4S/c13-12(14,15)21(18,19)10-6-4-9(5-7-10)20-11-3-1-2-8-16(11)17/h1-8H. The molecule has 0 aliphatic rings. The van der Waals surface area contributed by atoms with Gasteiger partial charge in [0.1, 0.15) is 5.75 Å². The van der Waals surface area contributed by atoms with E-state index in [1.807, 2.05) is 0 Å². The fourth-order valence-electron chi connectivity index (χ4n) is 1.43. The summed E-state index contributed by atoms with van der Waals surface area (Å²) in [5.74, 6) is -0.0594. The molecule has 1 aromatic heterocycles. The van der Waals surface area contributed by atoms with E-state index in [1.54, 1.807) is 0 Å². The third kappa shape index (κ3) is 3.07. The number of rotatable bonds is 3. The molecule has 0 saturated heterocycles. The Morgan fingerprint density at radius 1 is 1.05 bits per heavy atom. The smallest absolute Gasteiger partial charge is 0.501 e. The van der Waals surface area contributed by atoms with Crippen LogP contribution in [0.4, 0.5) is 13.2 Å². The number of hydrogen-bond acceptors (Lipinski definition) is 4. The van der Waals surface area contributed by atoms with E-state index in [0.717, 1.165) is 24.3 Å². The number of sulfone groups is 1. The number of nitrogens with zero attached hydrogens (tertiary/aromatic N) is 1. The van der Waals surface area contributed by atoms with Gasteiger partial charge in [-0.2, -0.15) is 13.2 Å². The molecule has 9 heteroatoms. The molecule has 0 aliphatic carbocycles. The van der Waals surface area contributed by atoms with Gasteiger partial charge in [-0.25, -0.2) is 8.42 Å². The Labute approximate surface area is 117 Å². The Kier molecular flexibility index (Phi) is 3.77.